The monoisotopic (exact) mass is 702 g/mol. The van der Waals surface area contributed by atoms with Gasteiger partial charge >= 0.3 is 42.1 Å². The zero-order valence-electron chi connectivity index (χ0n) is 9.80. The molecule has 0 amide bonds. The Morgan fingerprint density at radius 3 is 0.389 bits per heavy atom. The van der Waals surface area contributed by atoms with Crippen LogP contribution < -0.4 is 70.9 Å². The summed E-state index contributed by atoms with van der Waals surface area (Å²) in [5, 5.41) is 12.0. The molecule has 4 fully saturated rings. The standard InChI is InChI=1S/4C2H5N.4ClH.2Pt/c4*1-2-3-1;;;;;;/h4*3H,1-2H2;4*1H;;/q;;;;;;;;2*+2/p-4. The minimum atomic E-state index is 0. The summed E-state index contributed by atoms with van der Waals surface area (Å²) < 4.78 is 0. The van der Waals surface area contributed by atoms with Crippen LogP contribution in [0.3, 0.4) is 0 Å². The van der Waals surface area contributed by atoms with E-state index in [4.69, 9.17) is 0 Å². The maximum Gasteiger partial charge on any atom is 2.00 e. The van der Waals surface area contributed by atoms with E-state index in [1.807, 2.05) is 0 Å². The largest absolute Gasteiger partial charge is 2.00 e. The number of hydrogen-bond acceptors (Lipinski definition) is 4. The molecule has 4 aliphatic heterocycles. The van der Waals surface area contributed by atoms with Gasteiger partial charge in [0.2, 0.25) is 0 Å². The van der Waals surface area contributed by atoms with E-state index in [0.717, 1.165) is 0 Å². The van der Waals surface area contributed by atoms with Crippen LogP contribution in [-0.2, 0) is 42.1 Å². The molecular weight excluding hydrogens is 684 g/mol. The summed E-state index contributed by atoms with van der Waals surface area (Å²) in [7, 11) is 0. The summed E-state index contributed by atoms with van der Waals surface area (Å²) >= 11 is 0. The zero-order valence-corrected chi connectivity index (χ0v) is 17.4. The maximum absolute atomic E-state index is 3.00. The Morgan fingerprint density at radius 1 is 0.333 bits per heavy atom. The first-order valence-corrected chi connectivity index (χ1v) is 4.83. The number of halogens is 4. The van der Waals surface area contributed by atoms with E-state index in [2.05, 4.69) is 21.3 Å². The van der Waals surface area contributed by atoms with E-state index < -0.39 is 0 Å². The Labute approximate surface area is 164 Å². The van der Waals surface area contributed by atoms with Crippen molar-refractivity contribution in [3.8, 4) is 0 Å². The molecule has 0 aromatic carbocycles. The number of nitrogens with one attached hydrogen (secondary N) is 4. The van der Waals surface area contributed by atoms with Gasteiger partial charge in [-0.3, -0.25) is 0 Å². The Morgan fingerprint density at radius 2 is 0.389 bits per heavy atom. The normalized spacial score (nSPS) is 16.0. The van der Waals surface area contributed by atoms with E-state index in [1.54, 1.807) is 0 Å². The second-order valence-electron chi connectivity index (χ2n) is 3.00. The quantitative estimate of drug-likeness (QED) is 0.189. The van der Waals surface area contributed by atoms with Gasteiger partial charge in [0.1, 0.15) is 0 Å². The van der Waals surface area contributed by atoms with Crippen LogP contribution in [0.4, 0.5) is 0 Å². The fourth-order valence-corrected chi connectivity index (χ4v) is 0. The molecule has 10 heteroatoms. The second kappa shape index (κ2) is 31.7. The molecule has 4 saturated heterocycles. The molecule has 0 aromatic rings. The van der Waals surface area contributed by atoms with Crippen molar-refractivity contribution in [1.29, 1.82) is 0 Å². The van der Waals surface area contributed by atoms with Crippen molar-refractivity contribution in [1.82, 2.24) is 21.3 Å². The summed E-state index contributed by atoms with van der Waals surface area (Å²) in [6.45, 7) is 10.0. The third kappa shape index (κ3) is 136. The van der Waals surface area contributed by atoms with Crippen LogP contribution in [0.2, 0.25) is 0 Å². The SMILES string of the molecule is C1CN1.C1CN1.C1CN1.C1CN1.[Cl-].[Cl-].[Cl-].[Cl-].[Pt+2].[Pt+2]. The van der Waals surface area contributed by atoms with E-state index in [1.165, 1.54) is 52.4 Å². The molecule has 0 radical (unpaired) electrons. The number of rotatable bonds is 0. The third-order valence-corrected chi connectivity index (χ3v) is 1.000. The zero-order chi connectivity index (χ0) is 8.49. The fourth-order valence-electron chi connectivity index (χ4n) is 0. The molecule has 4 nitrogen and oxygen atoms in total. The molecule has 0 saturated carbocycles. The predicted octanol–water partition coefficient (Wildman–Crippen LogP) is -13.6. The summed E-state index contributed by atoms with van der Waals surface area (Å²) in [4.78, 5) is 0. The summed E-state index contributed by atoms with van der Waals surface area (Å²) in [5.74, 6) is 0. The Hall–Kier alpha value is 2.38. The molecule has 0 unspecified atom stereocenters. The molecule has 0 aromatic heterocycles. The Balaban J connectivity index is -0.0000000240. The minimum Gasteiger partial charge on any atom is -1.00 e. The fraction of sp³-hybridized carbons (Fsp3) is 1.00. The van der Waals surface area contributed by atoms with Crippen molar-refractivity contribution in [3.63, 3.8) is 0 Å². The molecule has 0 spiro atoms. The van der Waals surface area contributed by atoms with Crippen molar-refractivity contribution in [3.05, 3.63) is 0 Å². The van der Waals surface area contributed by atoms with E-state index in [-0.39, 0.29) is 91.8 Å². The number of hydrogen-bond donors (Lipinski definition) is 4. The molecule has 0 bridgehead atoms. The summed E-state index contributed by atoms with van der Waals surface area (Å²) in [5.41, 5.74) is 0. The van der Waals surface area contributed by atoms with E-state index >= 15 is 0 Å². The van der Waals surface area contributed by atoms with Gasteiger partial charge in [0.05, 0.1) is 0 Å². The van der Waals surface area contributed by atoms with Gasteiger partial charge in [-0.25, -0.2) is 0 Å². The molecule has 4 N–H and O–H groups in total. The predicted molar refractivity (Wildman–Crippen MR) is 51.5 cm³/mol. The van der Waals surface area contributed by atoms with Gasteiger partial charge in [-0.05, 0) is 0 Å². The van der Waals surface area contributed by atoms with Crippen molar-refractivity contribution in [2.24, 2.45) is 0 Å². The van der Waals surface area contributed by atoms with Crippen LogP contribution in [0.1, 0.15) is 0 Å². The first-order valence-electron chi connectivity index (χ1n) is 4.83. The average Bonchev–Trinajstić information content (AvgIpc) is 2.99. The van der Waals surface area contributed by atoms with Crippen LogP contribution >= 0.6 is 0 Å². The van der Waals surface area contributed by atoms with Crippen molar-refractivity contribution >= 4 is 0 Å². The molecule has 18 heavy (non-hydrogen) atoms. The van der Waals surface area contributed by atoms with Crippen molar-refractivity contribution in [2.45, 2.75) is 0 Å². The van der Waals surface area contributed by atoms with Gasteiger partial charge in [-0.15, -0.1) is 0 Å². The van der Waals surface area contributed by atoms with Gasteiger partial charge in [-0.2, -0.15) is 0 Å². The minimum absolute atomic E-state index is 0. The van der Waals surface area contributed by atoms with Crippen LogP contribution in [0, 0.1) is 0 Å². The van der Waals surface area contributed by atoms with Gasteiger partial charge in [-0.1, -0.05) is 0 Å². The Kier molecular flexibility index (Phi) is 65.1. The molecule has 4 rings (SSSR count). The first kappa shape index (κ1) is 37.0. The molecule has 0 aliphatic carbocycles. The van der Waals surface area contributed by atoms with Crippen molar-refractivity contribution < 1.29 is 91.8 Å². The maximum atomic E-state index is 3.00. The van der Waals surface area contributed by atoms with E-state index in [0.29, 0.717) is 0 Å². The van der Waals surface area contributed by atoms with Gasteiger partial charge in [0.15, 0.2) is 0 Å². The van der Waals surface area contributed by atoms with E-state index in [9.17, 15) is 0 Å². The van der Waals surface area contributed by atoms with Gasteiger partial charge in [0.25, 0.3) is 0 Å². The summed E-state index contributed by atoms with van der Waals surface area (Å²) in [6, 6.07) is 0. The summed E-state index contributed by atoms with van der Waals surface area (Å²) in [6.07, 6.45) is 0. The van der Waals surface area contributed by atoms with Gasteiger partial charge < -0.3 is 70.9 Å². The van der Waals surface area contributed by atoms with Crippen LogP contribution in [0.25, 0.3) is 0 Å². The molecule has 4 heterocycles. The molecule has 120 valence electrons. The first-order chi connectivity index (χ1) is 6.00. The smallest absolute Gasteiger partial charge is 1.00 e. The topological polar surface area (TPSA) is 87.8 Å². The van der Waals surface area contributed by atoms with Crippen LogP contribution in [0.5, 0.6) is 0 Å². The third-order valence-electron chi connectivity index (χ3n) is 1.000. The van der Waals surface area contributed by atoms with Crippen molar-refractivity contribution in [2.75, 3.05) is 52.4 Å². The van der Waals surface area contributed by atoms with Gasteiger partial charge in [0, 0.05) is 52.4 Å². The molecule has 0 atom stereocenters. The average molecular weight is 704 g/mol. The second-order valence-corrected chi connectivity index (χ2v) is 3.00. The molecule has 4 aliphatic rings. The molecular formula is C8H20Cl4N4Pt2. The Bertz CT molecular complexity index is 76.1. The van der Waals surface area contributed by atoms with Crippen LogP contribution in [-0.4, -0.2) is 52.4 Å². The van der Waals surface area contributed by atoms with Crippen LogP contribution in [0.15, 0.2) is 0 Å².